The maximum Gasteiger partial charge on any atom is 0.283 e. The molecule has 1 amide bonds. The number of thioether (sulfide) groups is 1. The SMILES string of the molecule is Cc1ccc(OCCCn2cc(/C=C3/C(=N)N4N=CSC4=NC3=O)c3ccccc32)cc1C. The molecule has 0 saturated heterocycles. The molecule has 0 bridgehead atoms. The van der Waals surface area contributed by atoms with Gasteiger partial charge in [0.1, 0.15) is 5.75 Å². The van der Waals surface area contributed by atoms with Crippen LogP contribution in [0, 0.1) is 19.3 Å². The Balaban J connectivity index is 1.35. The number of hydrogen-bond donors (Lipinski definition) is 1. The summed E-state index contributed by atoms with van der Waals surface area (Å²) >= 11 is 1.24. The molecule has 1 aromatic heterocycles. The number of carbonyl (C=O) groups is 1. The molecule has 3 aromatic rings. The van der Waals surface area contributed by atoms with Crippen LogP contribution in [0.15, 0.2) is 64.3 Å². The number of hydrogen-bond acceptors (Lipinski definition) is 5. The predicted octanol–water partition coefficient (Wildman–Crippen LogP) is 4.98. The van der Waals surface area contributed by atoms with Gasteiger partial charge < -0.3 is 9.30 Å². The van der Waals surface area contributed by atoms with Gasteiger partial charge in [0, 0.05) is 29.2 Å². The molecule has 0 fully saturated rings. The Bertz CT molecular complexity index is 1370. The second-order valence-electron chi connectivity index (χ2n) is 8.00. The number of nitrogens with one attached hydrogen (secondary N) is 1. The molecule has 0 radical (unpaired) electrons. The largest absolute Gasteiger partial charge is 0.494 e. The Morgan fingerprint density at radius 2 is 2.00 bits per heavy atom. The van der Waals surface area contributed by atoms with Gasteiger partial charge >= 0.3 is 0 Å². The van der Waals surface area contributed by atoms with Crippen LogP contribution >= 0.6 is 11.8 Å². The molecule has 5 rings (SSSR count). The summed E-state index contributed by atoms with van der Waals surface area (Å²) in [5, 5.41) is 15.4. The van der Waals surface area contributed by atoms with Gasteiger partial charge in [0.25, 0.3) is 5.91 Å². The summed E-state index contributed by atoms with van der Waals surface area (Å²) in [5.41, 5.74) is 6.24. The van der Waals surface area contributed by atoms with Crippen LogP contribution in [0.25, 0.3) is 17.0 Å². The number of aryl methyl sites for hydroxylation is 3. The van der Waals surface area contributed by atoms with Crippen LogP contribution in [-0.2, 0) is 11.3 Å². The van der Waals surface area contributed by atoms with Gasteiger partial charge in [0.15, 0.2) is 11.0 Å². The third-order valence-corrected chi connectivity index (χ3v) is 6.48. The Labute approximate surface area is 196 Å². The van der Waals surface area contributed by atoms with E-state index in [0.29, 0.717) is 11.8 Å². The van der Waals surface area contributed by atoms with Gasteiger partial charge in [-0.15, -0.1) is 0 Å². The topological polar surface area (TPSA) is 83.0 Å². The Kier molecular flexibility index (Phi) is 5.60. The lowest BCUT2D eigenvalue weighted by Gasteiger charge is -2.20. The van der Waals surface area contributed by atoms with Crippen LogP contribution in [0.5, 0.6) is 5.75 Å². The van der Waals surface area contributed by atoms with Crippen molar-refractivity contribution in [3.63, 3.8) is 0 Å². The van der Waals surface area contributed by atoms with E-state index in [-0.39, 0.29) is 11.4 Å². The van der Waals surface area contributed by atoms with Crippen LogP contribution in [0.1, 0.15) is 23.1 Å². The van der Waals surface area contributed by atoms with Crippen molar-refractivity contribution < 1.29 is 9.53 Å². The van der Waals surface area contributed by atoms with Crippen LogP contribution < -0.4 is 4.74 Å². The summed E-state index contributed by atoms with van der Waals surface area (Å²) in [6.45, 7) is 5.56. The summed E-state index contributed by atoms with van der Waals surface area (Å²) in [7, 11) is 0. The molecule has 2 aromatic carbocycles. The minimum atomic E-state index is -0.414. The molecule has 2 aliphatic rings. The standard InChI is InChI=1S/C25H23N5O2S/c1-16-8-9-19(12-17(16)2)32-11-5-10-29-14-18(20-6-3-4-7-22(20)29)13-21-23(26)30-25(28-24(21)31)33-15-27-30/h3-4,6-9,12-15,26H,5,10-11H2,1-2H3/b21-13-,26-23?. The average molecular weight is 458 g/mol. The van der Waals surface area contributed by atoms with Gasteiger partial charge in [-0.3, -0.25) is 10.2 Å². The Morgan fingerprint density at radius 1 is 1.15 bits per heavy atom. The first kappa shape index (κ1) is 21.2. The number of amidine groups is 2. The third kappa shape index (κ3) is 4.09. The maximum atomic E-state index is 12.6. The number of aliphatic imine (C=N–C) groups is 1. The first-order chi connectivity index (χ1) is 16.0. The lowest BCUT2D eigenvalue weighted by Crippen LogP contribution is -2.35. The van der Waals surface area contributed by atoms with Gasteiger partial charge in [-0.1, -0.05) is 24.3 Å². The molecule has 0 saturated carbocycles. The lowest BCUT2D eigenvalue weighted by atomic mass is 10.1. The average Bonchev–Trinajstić information content (AvgIpc) is 3.41. The highest BCUT2D eigenvalue weighted by Gasteiger charge is 2.32. The Hall–Kier alpha value is -3.65. The van der Waals surface area contributed by atoms with Gasteiger partial charge in [0.05, 0.1) is 17.7 Å². The summed E-state index contributed by atoms with van der Waals surface area (Å²) < 4.78 is 8.11. The molecule has 166 valence electrons. The molecule has 33 heavy (non-hydrogen) atoms. The zero-order valence-electron chi connectivity index (χ0n) is 18.4. The lowest BCUT2D eigenvalue weighted by molar-refractivity contribution is -0.114. The summed E-state index contributed by atoms with van der Waals surface area (Å²) in [4.78, 5) is 16.6. The molecule has 0 unspecified atom stereocenters. The number of ether oxygens (including phenoxy) is 1. The van der Waals surface area contributed by atoms with Gasteiger partial charge in [-0.2, -0.15) is 15.1 Å². The molecule has 7 nitrogen and oxygen atoms in total. The van der Waals surface area contributed by atoms with E-state index in [1.165, 1.54) is 27.9 Å². The van der Waals surface area contributed by atoms with Gasteiger partial charge in [-0.05, 0) is 67.4 Å². The van der Waals surface area contributed by atoms with Crippen molar-refractivity contribution in [2.75, 3.05) is 6.61 Å². The van der Waals surface area contributed by atoms with Crippen molar-refractivity contribution in [1.82, 2.24) is 9.58 Å². The predicted molar refractivity (Wildman–Crippen MR) is 134 cm³/mol. The number of nitrogens with zero attached hydrogens (tertiary/aromatic N) is 4. The van der Waals surface area contributed by atoms with E-state index in [4.69, 9.17) is 10.1 Å². The normalized spacial score (nSPS) is 16.6. The molecular formula is C25H23N5O2S. The number of benzene rings is 2. The number of carbonyl (C=O) groups excluding carboxylic acids is 1. The maximum absolute atomic E-state index is 12.6. The van der Waals surface area contributed by atoms with E-state index >= 15 is 0 Å². The number of rotatable bonds is 6. The molecule has 0 spiro atoms. The number of fused-ring (bicyclic) bond motifs is 2. The van der Waals surface area contributed by atoms with Gasteiger partial charge in [-0.25, -0.2) is 0 Å². The second-order valence-corrected chi connectivity index (χ2v) is 8.81. The van der Waals surface area contributed by atoms with Crippen molar-refractivity contribution in [3.05, 3.63) is 70.9 Å². The van der Waals surface area contributed by atoms with Crippen molar-refractivity contribution in [2.45, 2.75) is 26.8 Å². The zero-order valence-corrected chi connectivity index (χ0v) is 19.2. The van der Waals surface area contributed by atoms with Crippen molar-refractivity contribution in [1.29, 1.82) is 5.41 Å². The van der Waals surface area contributed by atoms with Crippen molar-refractivity contribution in [2.24, 2.45) is 10.1 Å². The Morgan fingerprint density at radius 3 is 2.85 bits per heavy atom. The summed E-state index contributed by atoms with van der Waals surface area (Å²) in [5.74, 6) is 0.519. The van der Waals surface area contributed by atoms with Crippen molar-refractivity contribution >= 4 is 51.2 Å². The smallest absolute Gasteiger partial charge is 0.283 e. The molecule has 1 N–H and O–H groups in total. The first-order valence-corrected chi connectivity index (χ1v) is 11.6. The minimum absolute atomic E-state index is 0.0462. The zero-order chi connectivity index (χ0) is 22.9. The van der Waals surface area contributed by atoms with E-state index in [0.717, 1.165) is 35.2 Å². The third-order valence-electron chi connectivity index (χ3n) is 5.81. The monoisotopic (exact) mass is 457 g/mol. The molecule has 8 heteroatoms. The number of para-hydroxylation sites is 1. The molecular weight excluding hydrogens is 434 g/mol. The highest BCUT2D eigenvalue weighted by atomic mass is 32.2. The molecule has 3 heterocycles. The summed E-state index contributed by atoms with van der Waals surface area (Å²) in [6.07, 6.45) is 4.60. The van der Waals surface area contributed by atoms with Crippen molar-refractivity contribution in [3.8, 4) is 5.75 Å². The fraction of sp³-hybridized carbons (Fsp3) is 0.200. The molecule has 0 aliphatic carbocycles. The van der Waals surface area contributed by atoms with Crippen LogP contribution in [-0.4, -0.2) is 38.6 Å². The quantitative estimate of drug-likeness (QED) is 0.418. The number of hydrazone groups is 1. The fourth-order valence-corrected chi connectivity index (χ4v) is 4.51. The van der Waals surface area contributed by atoms with E-state index in [2.05, 4.69) is 46.7 Å². The fourth-order valence-electron chi connectivity index (χ4n) is 3.90. The van der Waals surface area contributed by atoms with E-state index in [1.807, 2.05) is 30.5 Å². The molecule has 0 atom stereocenters. The molecule has 2 aliphatic heterocycles. The highest BCUT2D eigenvalue weighted by Crippen LogP contribution is 2.28. The van der Waals surface area contributed by atoms with Crippen LogP contribution in [0.2, 0.25) is 0 Å². The van der Waals surface area contributed by atoms with Gasteiger partial charge in [0.2, 0.25) is 0 Å². The van der Waals surface area contributed by atoms with Crippen LogP contribution in [0.3, 0.4) is 0 Å². The van der Waals surface area contributed by atoms with Crippen LogP contribution in [0.4, 0.5) is 0 Å². The highest BCUT2D eigenvalue weighted by molar-refractivity contribution is 8.25. The van der Waals surface area contributed by atoms with E-state index < -0.39 is 5.91 Å². The number of aromatic nitrogens is 1. The number of amides is 1. The first-order valence-electron chi connectivity index (χ1n) is 10.7. The van der Waals surface area contributed by atoms with E-state index in [1.54, 1.807) is 11.6 Å². The minimum Gasteiger partial charge on any atom is -0.494 e. The second kappa shape index (κ2) is 8.71. The van der Waals surface area contributed by atoms with E-state index in [9.17, 15) is 4.79 Å². The summed E-state index contributed by atoms with van der Waals surface area (Å²) in [6, 6.07) is 14.2.